The van der Waals surface area contributed by atoms with E-state index in [4.69, 9.17) is 5.11 Å². The Morgan fingerprint density at radius 3 is 2.25 bits per heavy atom. The summed E-state index contributed by atoms with van der Waals surface area (Å²) < 4.78 is 38.4. The lowest BCUT2D eigenvalue weighted by Gasteiger charge is -2.30. The van der Waals surface area contributed by atoms with Crippen LogP contribution in [0.25, 0.3) is 0 Å². The highest BCUT2D eigenvalue weighted by atomic mass is 19.4. The van der Waals surface area contributed by atoms with Gasteiger partial charge in [0.1, 0.15) is 6.04 Å². The minimum Gasteiger partial charge on any atom is -0.480 e. The lowest BCUT2D eigenvalue weighted by atomic mass is 9.85. The second kappa shape index (κ2) is 6.26. The van der Waals surface area contributed by atoms with E-state index >= 15 is 0 Å². The first-order valence-electron chi connectivity index (χ1n) is 6.20. The Balaban J connectivity index is 2.69. The van der Waals surface area contributed by atoms with Crippen molar-refractivity contribution in [3.05, 3.63) is 35.9 Å². The first-order valence-corrected chi connectivity index (χ1v) is 6.20. The van der Waals surface area contributed by atoms with Crippen molar-refractivity contribution in [2.75, 3.05) is 0 Å². The van der Waals surface area contributed by atoms with Gasteiger partial charge >= 0.3 is 12.1 Å². The zero-order valence-corrected chi connectivity index (χ0v) is 11.4. The summed E-state index contributed by atoms with van der Waals surface area (Å²) in [7, 11) is 0. The third kappa shape index (κ3) is 4.52. The highest BCUT2D eigenvalue weighted by molar-refractivity contribution is 5.73. The lowest BCUT2D eigenvalue weighted by Crippen LogP contribution is -2.44. The number of rotatable bonds is 6. The fraction of sp³-hybridized carbons (Fsp3) is 0.500. The summed E-state index contributed by atoms with van der Waals surface area (Å²) in [6.07, 6.45) is -4.95. The molecule has 1 aromatic rings. The summed E-state index contributed by atoms with van der Waals surface area (Å²) in [6.45, 7) is 2.23. The first-order chi connectivity index (χ1) is 9.13. The molecule has 0 spiro atoms. The van der Waals surface area contributed by atoms with Gasteiger partial charge in [0.05, 0.1) is 5.41 Å². The van der Waals surface area contributed by atoms with Gasteiger partial charge in [-0.05, 0) is 12.0 Å². The van der Waals surface area contributed by atoms with Crippen LogP contribution in [0, 0.1) is 5.41 Å². The first kappa shape index (κ1) is 16.5. The second-order valence-electron chi connectivity index (χ2n) is 5.34. The van der Waals surface area contributed by atoms with Crippen LogP contribution in [0.1, 0.15) is 25.8 Å². The number of carboxylic acids is 1. The molecule has 1 unspecified atom stereocenters. The second-order valence-corrected chi connectivity index (χ2v) is 5.34. The minimum atomic E-state index is -4.44. The highest BCUT2D eigenvalue weighted by Gasteiger charge is 2.49. The van der Waals surface area contributed by atoms with E-state index in [1.165, 1.54) is 0 Å². The van der Waals surface area contributed by atoms with E-state index in [9.17, 15) is 18.0 Å². The Bertz CT molecular complexity index is 443. The fourth-order valence-electron chi connectivity index (χ4n) is 1.71. The Labute approximate surface area is 115 Å². The van der Waals surface area contributed by atoms with E-state index in [2.05, 4.69) is 5.32 Å². The van der Waals surface area contributed by atoms with Crippen LogP contribution >= 0.6 is 0 Å². The van der Waals surface area contributed by atoms with Crippen LogP contribution in [-0.2, 0) is 11.3 Å². The fourth-order valence-corrected chi connectivity index (χ4v) is 1.71. The molecule has 0 fully saturated rings. The molecule has 0 saturated heterocycles. The largest absolute Gasteiger partial charge is 0.480 e. The van der Waals surface area contributed by atoms with Gasteiger partial charge in [-0.15, -0.1) is 0 Å². The maximum Gasteiger partial charge on any atom is 0.394 e. The van der Waals surface area contributed by atoms with Gasteiger partial charge in [0.25, 0.3) is 0 Å². The summed E-state index contributed by atoms with van der Waals surface area (Å²) >= 11 is 0. The number of carboxylic acid groups (broad SMARTS) is 1. The molecule has 0 aromatic heterocycles. The van der Waals surface area contributed by atoms with Crippen LogP contribution in [0.15, 0.2) is 30.3 Å². The zero-order valence-electron chi connectivity index (χ0n) is 11.4. The number of halogens is 3. The minimum absolute atomic E-state index is 0.214. The third-order valence-electron chi connectivity index (χ3n) is 3.18. The molecule has 0 bridgehead atoms. The van der Waals surface area contributed by atoms with Crippen molar-refractivity contribution in [2.24, 2.45) is 5.41 Å². The number of hydrogen-bond acceptors (Lipinski definition) is 2. The van der Waals surface area contributed by atoms with E-state index in [0.717, 1.165) is 19.4 Å². The maximum absolute atomic E-state index is 12.8. The Morgan fingerprint density at radius 1 is 1.25 bits per heavy atom. The molecule has 112 valence electrons. The van der Waals surface area contributed by atoms with E-state index < -0.39 is 30.0 Å². The van der Waals surface area contributed by atoms with Gasteiger partial charge in [0, 0.05) is 6.54 Å². The molecule has 0 radical (unpaired) electrons. The standard InChI is InChI=1S/C14H18F3NO2/c1-13(2,14(15,16)17)8-11(12(19)20)18-9-10-6-4-3-5-7-10/h3-7,11,18H,8-9H2,1-2H3,(H,19,20). The van der Waals surface area contributed by atoms with Crippen LogP contribution in [0.3, 0.4) is 0 Å². The van der Waals surface area contributed by atoms with Crippen molar-refractivity contribution in [3.63, 3.8) is 0 Å². The number of aliphatic carboxylic acids is 1. The van der Waals surface area contributed by atoms with Crippen LogP contribution < -0.4 is 5.32 Å². The molecule has 0 amide bonds. The third-order valence-corrected chi connectivity index (χ3v) is 3.18. The van der Waals surface area contributed by atoms with Crippen molar-refractivity contribution < 1.29 is 23.1 Å². The van der Waals surface area contributed by atoms with E-state index in [-0.39, 0.29) is 6.54 Å². The number of carbonyl (C=O) groups is 1. The normalized spacial score (nSPS) is 14.1. The van der Waals surface area contributed by atoms with Crippen LogP contribution in [-0.4, -0.2) is 23.3 Å². The summed E-state index contributed by atoms with van der Waals surface area (Å²) in [4.78, 5) is 11.1. The molecular formula is C14H18F3NO2. The quantitative estimate of drug-likeness (QED) is 0.845. The molecule has 6 heteroatoms. The van der Waals surface area contributed by atoms with Crippen LogP contribution in [0.4, 0.5) is 13.2 Å². The molecule has 0 saturated carbocycles. The van der Waals surface area contributed by atoms with Gasteiger partial charge in [-0.25, -0.2) is 0 Å². The van der Waals surface area contributed by atoms with Gasteiger partial charge in [-0.2, -0.15) is 13.2 Å². The number of hydrogen-bond donors (Lipinski definition) is 2. The van der Waals surface area contributed by atoms with E-state index in [1.54, 1.807) is 24.3 Å². The summed E-state index contributed by atoms with van der Waals surface area (Å²) in [5, 5.41) is 11.7. The molecule has 0 heterocycles. The average molecular weight is 289 g/mol. The smallest absolute Gasteiger partial charge is 0.394 e. The molecule has 1 aromatic carbocycles. The molecule has 3 nitrogen and oxygen atoms in total. The Hall–Kier alpha value is -1.56. The number of benzene rings is 1. The van der Waals surface area contributed by atoms with Crippen molar-refractivity contribution in [1.82, 2.24) is 5.32 Å². The molecule has 1 atom stereocenters. The van der Waals surface area contributed by atoms with Crippen molar-refractivity contribution in [2.45, 2.75) is 39.0 Å². The maximum atomic E-state index is 12.8. The Kier molecular flexibility index (Phi) is 5.16. The summed E-state index contributed by atoms with van der Waals surface area (Å²) in [5.74, 6) is -1.28. The molecule has 1 rings (SSSR count). The predicted octanol–water partition coefficient (Wildman–Crippen LogP) is 3.21. The van der Waals surface area contributed by atoms with Crippen molar-refractivity contribution >= 4 is 5.97 Å². The Morgan fingerprint density at radius 2 is 1.80 bits per heavy atom. The molecule has 0 aliphatic carbocycles. The molecule has 20 heavy (non-hydrogen) atoms. The number of nitrogens with one attached hydrogen (secondary N) is 1. The summed E-state index contributed by atoms with van der Waals surface area (Å²) in [6, 6.07) is 7.69. The molecule has 0 aliphatic heterocycles. The SMILES string of the molecule is CC(C)(CC(NCc1ccccc1)C(=O)O)C(F)(F)F. The lowest BCUT2D eigenvalue weighted by molar-refractivity contribution is -0.216. The van der Waals surface area contributed by atoms with Crippen LogP contribution in [0.5, 0.6) is 0 Å². The van der Waals surface area contributed by atoms with Crippen LogP contribution in [0.2, 0.25) is 0 Å². The zero-order chi connectivity index (χ0) is 15.4. The van der Waals surface area contributed by atoms with Gasteiger partial charge < -0.3 is 10.4 Å². The van der Waals surface area contributed by atoms with Gasteiger partial charge in [0.2, 0.25) is 0 Å². The summed E-state index contributed by atoms with van der Waals surface area (Å²) in [5.41, 5.74) is -1.23. The molecule has 0 aliphatic rings. The predicted molar refractivity (Wildman–Crippen MR) is 69.2 cm³/mol. The van der Waals surface area contributed by atoms with E-state index in [0.29, 0.717) is 0 Å². The van der Waals surface area contributed by atoms with Gasteiger partial charge in [-0.1, -0.05) is 44.2 Å². The number of alkyl halides is 3. The monoisotopic (exact) mass is 289 g/mol. The van der Waals surface area contributed by atoms with E-state index in [1.807, 2.05) is 6.07 Å². The van der Waals surface area contributed by atoms with Gasteiger partial charge in [-0.3, -0.25) is 4.79 Å². The van der Waals surface area contributed by atoms with Crippen molar-refractivity contribution in [3.8, 4) is 0 Å². The molecular weight excluding hydrogens is 271 g/mol. The average Bonchev–Trinajstić information content (AvgIpc) is 2.34. The van der Waals surface area contributed by atoms with Crippen molar-refractivity contribution in [1.29, 1.82) is 0 Å². The highest BCUT2D eigenvalue weighted by Crippen LogP contribution is 2.41. The van der Waals surface area contributed by atoms with Gasteiger partial charge in [0.15, 0.2) is 0 Å². The molecule has 2 N–H and O–H groups in total. The topological polar surface area (TPSA) is 49.3 Å².